The van der Waals surface area contributed by atoms with E-state index >= 15 is 0 Å². The summed E-state index contributed by atoms with van der Waals surface area (Å²) >= 11 is 0. The van der Waals surface area contributed by atoms with E-state index in [9.17, 15) is 9.59 Å². The third-order valence-electron chi connectivity index (χ3n) is 4.56. The average molecular weight is 428 g/mol. The Morgan fingerprint density at radius 1 is 0.906 bits per heavy atom. The van der Waals surface area contributed by atoms with Gasteiger partial charge in [-0.2, -0.15) is 0 Å². The van der Waals surface area contributed by atoms with Gasteiger partial charge in [-0.1, -0.05) is 17.7 Å². The molecule has 4 rings (SSSR count). The first-order valence-electron chi connectivity index (χ1n) is 9.77. The predicted octanol–water partition coefficient (Wildman–Crippen LogP) is 3.47. The van der Waals surface area contributed by atoms with Gasteiger partial charge in [0.15, 0.2) is 0 Å². The van der Waals surface area contributed by atoms with Crippen molar-refractivity contribution in [2.75, 3.05) is 19.4 Å². The minimum absolute atomic E-state index is 0.0861. The van der Waals surface area contributed by atoms with Crippen LogP contribution >= 0.6 is 0 Å². The minimum Gasteiger partial charge on any atom is -0.457 e. The molecule has 160 valence electrons. The topological polar surface area (TPSA) is 110 Å². The Morgan fingerprint density at radius 3 is 2.41 bits per heavy atom. The molecule has 2 heterocycles. The number of pyridine rings is 1. The SMILES string of the molecule is Cc1ccc(C(=O)Nc2nnc3ccc(Oc4ccnc(C(=O)N(C)C)c4)cc3n2)cc1. The van der Waals surface area contributed by atoms with Gasteiger partial charge in [0.1, 0.15) is 22.7 Å². The van der Waals surface area contributed by atoms with E-state index in [1.807, 2.05) is 19.1 Å². The number of anilines is 1. The zero-order valence-corrected chi connectivity index (χ0v) is 17.7. The van der Waals surface area contributed by atoms with E-state index in [1.165, 1.54) is 11.1 Å². The number of aromatic nitrogens is 4. The predicted molar refractivity (Wildman–Crippen MR) is 119 cm³/mol. The third-order valence-corrected chi connectivity index (χ3v) is 4.56. The van der Waals surface area contributed by atoms with Crippen molar-refractivity contribution in [1.82, 2.24) is 25.1 Å². The number of nitrogens with one attached hydrogen (secondary N) is 1. The Morgan fingerprint density at radius 2 is 1.66 bits per heavy atom. The van der Waals surface area contributed by atoms with Crippen molar-refractivity contribution in [1.29, 1.82) is 0 Å². The van der Waals surface area contributed by atoms with Crippen LogP contribution in [0.2, 0.25) is 0 Å². The molecule has 9 nitrogen and oxygen atoms in total. The van der Waals surface area contributed by atoms with Crippen LogP contribution in [0.15, 0.2) is 60.8 Å². The molecule has 32 heavy (non-hydrogen) atoms. The Bertz CT molecular complexity index is 1300. The second-order valence-electron chi connectivity index (χ2n) is 7.28. The number of carbonyl (C=O) groups is 2. The van der Waals surface area contributed by atoms with Crippen LogP contribution in [0.5, 0.6) is 11.5 Å². The molecule has 0 aliphatic carbocycles. The summed E-state index contributed by atoms with van der Waals surface area (Å²) in [6.45, 7) is 1.95. The van der Waals surface area contributed by atoms with Crippen LogP contribution in [-0.2, 0) is 0 Å². The Kier molecular flexibility index (Phi) is 5.71. The van der Waals surface area contributed by atoms with Gasteiger partial charge >= 0.3 is 0 Å². The number of benzene rings is 2. The van der Waals surface area contributed by atoms with Gasteiger partial charge in [0.2, 0.25) is 5.95 Å². The summed E-state index contributed by atoms with van der Waals surface area (Å²) in [7, 11) is 3.31. The number of ether oxygens (including phenoxy) is 1. The van der Waals surface area contributed by atoms with Crippen LogP contribution in [0.3, 0.4) is 0 Å². The van der Waals surface area contributed by atoms with Crippen molar-refractivity contribution in [2.24, 2.45) is 0 Å². The molecule has 0 aliphatic rings. The molecule has 2 amide bonds. The lowest BCUT2D eigenvalue weighted by Gasteiger charge is -2.11. The standard InChI is InChI=1S/C23H20N6O3/c1-14-4-6-15(7-5-14)21(30)26-23-25-19-12-16(8-9-18(19)27-28-23)32-17-10-11-24-20(13-17)22(31)29(2)3/h4-13H,1-3H3,(H,25,26,28,30). The molecule has 4 aromatic rings. The first-order chi connectivity index (χ1) is 15.4. The molecule has 0 spiro atoms. The van der Waals surface area contributed by atoms with Crippen LogP contribution in [0.4, 0.5) is 5.95 Å². The molecule has 0 unspecified atom stereocenters. The number of carbonyl (C=O) groups excluding carboxylic acids is 2. The van der Waals surface area contributed by atoms with Crippen molar-refractivity contribution in [3.8, 4) is 11.5 Å². The van der Waals surface area contributed by atoms with Gasteiger partial charge in [-0.25, -0.2) is 4.98 Å². The van der Waals surface area contributed by atoms with Crippen molar-refractivity contribution >= 4 is 28.8 Å². The highest BCUT2D eigenvalue weighted by molar-refractivity contribution is 6.03. The molecule has 0 atom stereocenters. The maximum Gasteiger partial charge on any atom is 0.272 e. The quantitative estimate of drug-likeness (QED) is 0.518. The average Bonchev–Trinajstić information content (AvgIpc) is 2.79. The molecule has 9 heteroatoms. The first kappa shape index (κ1) is 20.9. The van der Waals surface area contributed by atoms with E-state index in [1.54, 1.807) is 56.6 Å². The van der Waals surface area contributed by atoms with Gasteiger partial charge in [0.05, 0.1) is 5.52 Å². The van der Waals surface area contributed by atoms with Gasteiger partial charge in [0, 0.05) is 38.0 Å². The van der Waals surface area contributed by atoms with E-state index in [-0.39, 0.29) is 23.5 Å². The highest BCUT2D eigenvalue weighted by Crippen LogP contribution is 2.25. The molecule has 0 saturated carbocycles. The summed E-state index contributed by atoms with van der Waals surface area (Å²) in [6.07, 6.45) is 1.51. The van der Waals surface area contributed by atoms with E-state index in [0.29, 0.717) is 28.1 Å². The fraction of sp³-hybridized carbons (Fsp3) is 0.130. The smallest absolute Gasteiger partial charge is 0.272 e. The zero-order valence-electron chi connectivity index (χ0n) is 17.7. The van der Waals surface area contributed by atoms with Crippen LogP contribution in [-0.4, -0.2) is 51.0 Å². The van der Waals surface area contributed by atoms with Crippen molar-refractivity contribution < 1.29 is 14.3 Å². The Hall–Kier alpha value is -4.40. The summed E-state index contributed by atoms with van der Waals surface area (Å²) in [4.78, 5) is 34.4. The van der Waals surface area contributed by atoms with Crippen molar-refractivity contribution in [3.63, 3.8) is 0 Å². The highest BCUT2D eigenvalue weighted by Gasteiger charge is 2.12. The van der Waals surface area contributed by atoms with Crippen LogP contribution in [0, 0.1) is 6.92 Å². The number of hydrogen-bond acceptors (Lipinski definition) is 7. The molecule has 2 aromatic heterocycles. The molecule has 0 radical (unpaired) electrons. The molecule has 0 saturated heterocycles. The maximum absolute atomic E-state index is 12.4. The Balaban J connectivity index is 1.55. The van der Waals surface area contributed by atoms with E-state index < -0.39 is 0 Å². The largest absolute Gasteiger partial charge is 0.457 e. The lowest BCUT2D eigenvalue weighted by molar-refractivity contribution is 0.0821. The van der Waals surface area contributed by atoms with Gasteiger partial charge in [-0.3, -0.25) is 19.9 Å². The Labute approximate surface area is 184 Å². The van der Waals surface area contributed by atoms with Crippen LogP contribution in [0.25, 0.3) is 11.0 Å². The fourth-order valence-corrected chi connectivity index (χ4v) is 2.87. The number of amides is 2. The lowest BCUT2D eigenvalue weighted by Crippen LogP contribution is -2.22. The molecule has 2 aromatic carbocycles. The lowest BCUT2D eigenvalue weighted by atomic mass is 10.1. The first-order valence-corrected chi connectivity index (χ1v) is 9.77. The van der Waals surface area contributed by atoms with E-state index in [0.717, 1.165) is 5.56 Å². The van der Waals surface area contributed by atoms with Gasteiger partial charge < -0.3 is 9.64 Å². The summed E-state index contributed by atoms with van der Waals surface area (Å²) in [5, 5.41) is 10.7. The van der Waals surface area contributed by atoms with Gasteiger partial charge in [-0.15, -0.1) is 10.2 Å². The van der Waals surface area contributed by atoms with Crippen LogP contribution in [0.1, 0.15) is 26.4 Å². The molecule has 0 fully saturated rings. The second kappa shape index (κ2) is 8.76. The minimum atomic E-state index is -0.326. The van der Waals surface area contributed by atoms with E-state index in [4.69, 9.17) is 4.74 Å². The van der Waals surface area contributed by atoms with Gasteiger partial charge in [-0.05, 0) is 37.3 Å². The molecule has 0 bridgehead atoms. The van der Waals surface area contributed by atoms with Gasteiger partial charge in [0.25, 0.3) is 11.8 Å². The molecule has 1 N–H and O–H groups in total. The monoisotopic (exact) mass is 428 g/mol. The second-order valence-corrected chi connectivity index (χ2v) is 7.28. The number of aryl methyl sites for hydroxylation is 1. The van der Waals surface area contributed by atoms with E-state index in [2.05, 4.69) is 25.5 Å². The molecular formula is C23H20N6O3. The highest BCUT2D eigenvalue weighted by atomic mass is 16.5. The summed E-state index contributed by atoms with van der Waals surface area (Å²) in [6, 6.07) is 15.5. The molecule has 0 aliphatic heterocycles. The van der Waals surface area contributed by atoms with Crippen LogP contribution < -0.4 is 10.1 Å². The van der Waals surface area contributed by atoms with Crippen molar-refractivity contribution in [3.05, 3.63) is 77.6 Å². The summed E-state index contributed by atoms with van der Waals surface area (Å²) < 4.78 is 5.87. The fourth-order valence-electron chi connectivity index (χ4n) is 2.87. The normalized spacial score (nSPS) is 10.6. The number of nitrogens with zero attached hydrogens (tertiary/aromatic N) is 5. The number of fused-ring (bicyclic) bond motifs is 1. The number of hydrogen-bond donors (Lipinski definition) is 1. The number of rotatable bonds is 5. The summed E-state index contributed by atoms with van der Waals surface area (Å²) in [5.74, 6) is 0.485. The van der Waals surface area contributed by atoms with Crippen molar-refractivity contribution in [2.45, 2.75) is 6.92 Å². The maximum atomic E-state index is 12.4. The third kappa shape index (κ3) is 4.67. The zero-order chi connectivity index (χ0) is 22.7. The molecular weight excluding hydrogens is 408 g/mol. The summed E-state index contributed by atoms with van der Waals surface area (Å²) in [5.41, 5.74) is 2.87.